The first-order valence-electron chi connectivity index (χ1n) is 6.94. The van der Waals surface area contributed by atoms with Crippen LogP contribution in [0.15, 0.2) is 48.5 Å². The van der Waals surface area contributed by atoms with Crippen LogP contribution in [0.4, 0.5) is 14.5 Å². The molecule has 0 atom stereocenters. The van der Waals surface area contributed by atoms with Gasteiger partial charge in [-0.1, -0.05) is 18.2 Å². The van der Waals surface area contributed by atoms with Crippen molar-refractivity contribution in [1.29, 1.82) is 0 Å². The van der Waals surface area contributed by atoms with Gasteiger partial charge in [-0.25, -0.2) is 8.78 Å². The Morgan fingerprint density at radius 1 is 1.09 bits per heavy atom. The van der Waals surface area contributed by atoms with Crippen LogP contribution in [0.3, 0.4) is 0 Å². The van der Waals surface area contributed by atoms with Gasteiger partial charge in [0.2, 0.25) is 0 Å². The highest BCUT2D eigenvalue weighted by atomic mass is 19.2. The van der Waals surface area contributed by atoms with E-state index in [1.54, 1.807) is 4.90 Å². The molecule has 0 unspecified atom stereocenters. The van der Waals surface area contributed by atoms with E-state index in [-0.39, 0.29) is 24.3 Å². The zero-order valence-electron chi connectivity index (χ0n) is 12.4. The SMILES string of the molecule is CC(C)N(C(=O)COc1ccc(F)c(F)c1)c1ccccc1. The molecule has 0 radical (unpaired) electrons. The van der Waals surface area contributed by atoms with E-state index < -0.39 is 11.6 Å². The van der Waals surface area contributed by atoms with Crippen molar-refractivity contribution in [2.24, 2.45) is 0 Å². The lowest BCUT2D eigenvalue weighted by Crippen LogP contribution is -2.40. The van der Waals surface area contributed by atoms with E-state index in [1.807, 2.05) is 44.2 Å². The molecular weight excluding hydrogens is 288 g/mol. The van der Waals surface area contributed by atoms with Crippen molar-refractivity contribution in [2.45, 2.75) is 19.9 Å². The lowest BCUT2D eigenvalue weighted by atomic mass is 10.2. The molecule has 0 spiro atoms. The minimum atomic E-state index is -1.01. The standard InChI is InChI=1S/C17H17F2NO2/c1-12(2)20(13-6-4-3-5-7-13)17(21)11-22-14-8-9-15(18)16(19)10-14/h3-10,12H,11H2,1-2H3. The maximum Gasteiger partial charge on any atom is 0.265 e. The molecule has 0 heterocycles. The molecule has 0 bridgehead atoms. The van der Waals surface area contributed by atoms with Gasteiger partial charge >= 0.3 is 0 Å². The van der Waals surface area contributed by atoms with Gasteiger partial charge < -0.3 is 9.64 Å². The Balaban J connectivity index is 2.07. The van der Waals surface area contributed by atoms with Crippen molar-refractivity contribution in [3.05, 3.63) is 60.2 Å². The van der Waals surface area contributed by atoms with Crippen LogP contribution in [-0.4, -0.2) is 18.6 Å². The summed E-state index contributed by atoms with van der Waals surface area (Å²) in [7, 11) is 0. The summed E-state index contributed by atoms with van der Waals surface area (Å²) in [6, 6.07) is 12.3. The van der Waals surface area contributed by atoms with Crippen LogP contribution < -0.4 is 9.64 Å². The van der Waals surface area contributed by atoms with Crippen molar-refractivity contribution in [2.75, 3.05) is 11.5 Å². The first-order valence-corrected chi connectivity index (χ1v) is 6.94. The van der Waals surface area contributed by atoms with E-state index in [1.165, 1.54) is 6.07 Å². The molecule has 2 aromatic rings. The first-order chi connectivity index (χ1) is 10.5. The predicted molar refractivity (Wildman–Crippen MR) is 80.9 cm³/mol. The molecule has 116 valence electrons. The Labute approximate surface area is 128 Å². The smallest absolute Gasteiger partial charge is 0.265 e. The van der Waals surface area contributed by atoms with Crippen molar-refractivity contribution in [1.82, 2.24) is 0 Å². The highest BCUT2D eigenvalue weighted by Gasteiger charge is 2.19. The van der Waals surface area contributed by atoms with E-state index in [0.717, 1.165) is 17.8 Å². The van der Waals surface area contributed by atoms with Gasteiger partial charge in [-0.3, -0.25) is 4.79 Å². The number of hydrogen-bond acceptors (Lipinski definition) is 2. The lowest BCUT2D eigenvalue weighted by Gasteiger charge is -2.26. The Morgan fingerprint density at radius 3 is 2.36 bits per heavy atom. The highest BCUT2D eigenvalue weighted by Crippen LogP contribution is 2.18. The predicted octanol–water partition coefficient (Wildman–Crippen LogP) is 3.79. The summed E-state index contributed by atoms with van der Waals surface area (Å²) in [5.74, 6) is -2.10. The number of para-hydroxylation sites is 1. The fourth-order valence-corrected chi connectivity index (χ4v) is 2.10. The minimum Gasteiger partial charge on any atom is -0.484 e. The Bertz CT molecular complexity index is 644. The van der Waals surface area contributed by atoms with Gasteiger partial charge in [0.25, 0.3) is 5.91 Å². The topological polar surface area (TPSA) is 29.5 Å². The molecule has 0 N–H and O–H groups in total. The highest BCUT2D eigenvalue weighted by molar-refractivity contribution is 5.94. The Kier molecular flexibility index (Phi) is 5.09. The van der Waals surface area contributed by atoms with Gasteiger partial charge in [-0.05, 0) is 38.1 Å². The van der Waals surface area contributed by atoms with Crippen molar-refractivity contribution in [3.8, 4) is 5.75 Å². The number of ether oxygens (including phenoxy) is 1. The van der Waals surface area contributed by atoms with E-state index in [2.05, 4.69) is 0 Å². The van der Waals surface area contributed by atoms with E-state index >= 15 is 0 Å². The zero-order valence-corrected chi connectivity index (χ0v) is 12.4. The number of halogens is 2. The summed E-state index contributed by atoms with van der Waals surface area (Å²) in [5.41, 5.74) is 0.761. The number of hydrogen-bond donors (Lipinski definition) is 0. The summed E-state index contributed by atoms with van der Waals surface area (Å²) in [6.45, 7) is 3.53. The largest absolute Gasteiger partial charge is 0.484 e. The summed E-state index contributed by atoms with van der Waals surface area (Å²) in [6.07, 6.45) is 0. The second-order valence-corrected chi connectivity index (χ2v) is 5.06. The van der Waals surface area contributed by atoms with Crippen molar-refractivity contribution >= 4 is 11.6 Å². The third kappa shape index (κ3) is 3.81. The van der Waals surface area contributed by atoms with Crippen LogP contribution in [0, 0.1) is 11.6 Å². The second kappa shape index (κ2) is 7.02. The quantitative estimate of drug-likeness (QED) is 0.841. The lowest BCUT2D eigenvalue weighted by molar-refractivity contribution is -0.120. The van der Waals surface area contributed by atoms with E-state index in [4.69, 9.17) is 4.74 Å². The van der Waals surface area contributed by atoms with Gasteiger partial charge in [0.15, 0.2) is 18.2 Å². The Morgan fingerprint density at radius 2 is 1.77 bits per heavy atom. The maximum atomic E-state index is 13.1. The number of benzene rings is 2. The van der Waals surface area contributed by atoms with Crippen molar-refractivity contribution < 1.29 is 18.3 Å². The average molecular weight is 305 g/mol. The normalized spacial score (nSPS) is 10.6. The molecule has 0 saturated heterocycles. The van der Waals surface area contributed by atoms with Crippen LogP contribution in [0.2, 0.25) is 0 Å². The summed E-state index contributed by atoms with van der Waals surface area (Å²) < 4.78 is 31.2. The van der Waals surface area contributed by atoms with Gasteiger partial charge in [-0.2, -0.15) is 0 Å². The molecule has 0 fully saturated rings. The third-order valence-electron chi connectivity index (χ3n) is 3.07. The molecule has 0 aliphatic carbocycles. The number of carbonyl (C=O) groups excluding carboxylic acids is 1. The van der Waals surface area contributed by atoms with Crippen LogP contribution >= 0.6 is 0 Å². The van der Waals surface area contributed by atoms with Gasteiger partial charge in [0.1, 0.15) is 5.75 Å². The Hall–Kier alpha value is -2.43. The summed E-state index contributed by atoms with van der Waals surface area (Å²) in [4.78, 5) is 13.9. The van der Waals surface area contributed by atoms with Crippen molar-refractivity contribution in [3.63, 3.8) is 0 Å². The molecule has 0 aliphatic heterocycles. The maximum absolute atomic E-state index is 13.1. The molecular formula is C17H17F2NO2. The second-order valence-electron chi connectivity index (χ2n) is 5.06. The molecule has 1 amide bonds. The molecule has 2 rings (SSSR count). The number of anilines is 1. The fraction of sp³-hybridized carbons (Fsp3) is 0.235. The number of carbonyl (C=O) groups is 1. The monoisotopic (exact) mass is 305 g/mol. The minimum absolute atomic E-state index is 0.0524. The van der Waals surface area contributed by atoms with Crippen LogP contribution in [0.1, 0.15) is 13.8 Å². The summed E-state index contributed by atoms with van der Waals surface area (Å²) in [5, 5.41) is 0. The van der Waals surface area contributed by atoms with Crippen LogP contribution in [-0.2, 0) is 4.79 Å². The molecule has 2 aromatic carbocycles. The van der Waals surface area contributed by atoms with Crippen LogP contribution in [0.5, 0.6) is 5.75 Å². The molecule has 0 aromatic heterocycles. The average Bonchev–Trinajstić information content (AvgIpc) is 2.49. The fourth-order valence-electron chi connectivity index (χ4n) is 2.10. The molecule has 3 nitrogen and oxygen atoms in total. The van der Waals surface area contributed by atoms with Gasteiger partial charge in [0.05, 0.1) is 0 Å². The molecule has 22 heavy (non-hydrogen) atoms. The van der Waals surface area contributed by atoms with Gasteiger partial charge in [0, 0.05) is 17.8 Å². The zero-order chi connectivity index (χ0) is 16.1. The van der Waals surface area contributed by atoms with E-state index in [9.17, 15) is 13.6 Å². The van der Waals surface area contributed by atoms with Crippen LogP contribution in [0.25, 0.3) is 0 Å². The summed E-state index contributed by atoms with van der Waals surface area (Å²) >= 11 is 0. The molecule has 0 saturated carbocycles. The van der Waals surface area contributed by atoms with Gasteiger partial charge in [-0.15, -0.1) is 0 Å². The number of amides is 1. The number of nitrogens with zero attached hydrogens (tertiary/aromatic N) is 1. The number of rotatable bonds is 5. The third-order valence-corrected chi connectivity index (χ3v) is 3.07. The molecule has 0 aliphatic rings. The van der Waals surface area contributed by atoms with E-state index in [0.29, 0.717) is 0 Å². The molecule has 5 heteroatoms. The first kappa shape index (κ1) is 15.9.